The van der Waals surface area contributed by atoms with E-state index in [2.05, 4.69) is 21.2 Å². The molecule has 3 nitrogen and oxygen atoms in total. The van der Waals surface area contributed by atoms with Gasteiger partial charge in [0.1, 0.15) is 0 Å². The van der Waals surface area contributed by atoms with E-state index in [1.807, 2.05) is 36.2 Å². The first kappa shape index (κ1) is 13.6. The molecule has 1 aliphatic rings. The van der Waals surface area contributed by atoms with E-state index in [0.717, 1.165) is 36.0 Å². The molecule has 4 heteroatoms. The molecule has 0 spiro atoms. The molecule has 1 heterocycles. The van der Waals surface area contributed by atoms with Crippen LogP contribution in [0.3, 0.4) is 0 Å². The molecule has 0 bridgehead atoms. The van der Waals surface area contributed by atoms with Gasteiger partial charge in [-0.05, 0) is 31.5 Å². The van der Waals surface area contributed by atoms with Gasteiger partial charge in [0.25, 0.3) is 0 Å². The number of amides is 1. The molecule has 1 N–H and O–H groups in total. The smallest absolute Gasteiger partial charge is 0.227 e. The van der Waals surface area contributed by atoms with Crippen molar-refractivity contribution >= 4 is 21.8 Å². The minimum absolute atomic E-state index is 0.236. The zero-order valence-electron chi connectivity index (χ0n) is 10.7. The van der Waals surface area contributed by atoms with Crippen LogP contribution >= 0.6 is 15.9 Å². The number of likely N-dealkylation sites (tertiary alicyclic amines) is 1. The van der Waals surface area contributed by atoms with E-state index >= 15 is 0 Å². The highest BCUT2D eigenvalue weighted by Gasteiger charge is 2.27. The lowest BCUT2D eigenvalue weighted by Crippen LogP contribution is -2.41. The summed E-state index contributed by atoms with van der Waals surface area (Å²) in [6, 6.07) is 8.30. The van der Waals surface area contributed by atoms with Crippen molar-refractivity contribution in [3.63, 3.8) is 0 Å². The summed E-state index contributed by atoms with van der Waals surface area (Å²) < 4.78 is 1.02. The number of likely N-dealkylation sites (N-methyl/N-ethyl adjacent to an activating group) is 1. The fourth-order valence-corrected chi connectivity index (χ4v) is 2.94. The number of nitrogens with one attached hydrogen (secondary N) is 1. The van der Waals surface area contributed by atoms with Gasteiger partial charge in [-0.3, -0.25) is 4.79 Å². The van der Waals surface area contributed by atoms with Crippen LogP contribution in [-0.2, 0) is 11.2 Å². The molecule has 2 rings (SSSR count). The van der Waals surface area contributed by atoms with Crippen LogP contribution in [0.25, 0.3) is 0 Å². The van der Waals surface area contributed by atoms with Gasteiger partial charge in [0.05, 0.1) is 6.42 Å². The minimum Gasteiger partial charge on any atom is -0.338 e. The predicted molar refractivity (Wildman–Crippen MR) is 76.5 cm³/mol. The molecule has 18 heavy (non-hydrogen) atoms. The summed E-state index contributed by atoms with van der Waals surface area (Å²) in [7, 11) is 1.94. The van der Waals surface area contributed by atoms with Crippen LogP contribution in [0.2, 0.25) is 0 Å². The fourth-order valence-electron chi connectivity index (χ4n) is 2.52. The van der Waals surface area contributed by atoms with E-state index in [1.54, 1.807) is 0 Å². The number of hydrogen-bond acceptors (Lipinski definition) is 2. The second kappa shape index (κ2) is 6.34. The second-order valence-corrected chi connectivity index (χ2v) is 5.56. The Labute approximate surface area is 117 Å². The number of rotatable bonds is 4. The van der Waals surface area contributed by atoms with Crippen molar-refractivity contribution in [2.24, 2.45) is 0 Å². The molecule has 0 saturated carbocycles. The molecule has 1 aromatic rings. The SMILES string of the molecule is CNC[C@@H]1CCCN1C(=O)Cc1ccccc1Br. The van der Waals surface area contributed by atoms with E-state index in [1.165, 1.54) is 0 Å². The van der Waals surface area contributed by atoms with Gasteiger partial charge in [-0.1, -0.05) is 34.1 Å². The molecule has 98 valence electrons. The van der Waals surface area contributed by atoms with Gasteiger partial charge in [-0.15, -0.1) is 0 Å². The third kappa shape index (κ3) is 3.12. The van der Waals surface area contributed by atoms with Crippen LogP contribution < -0.4 is 5.32 Å². The Morgan fingerprint density at radius 3 is 3.00 bits per heavy atom. The molecule has 1 fully saturated rings. The molecule has 1 atom stereocenters. The number of benzene rings is 1. The van der Waals surface area contributed by atoms with E-state index in [9.17, 15) is 4.79 Å². The van der Waals surface area contributed by atoms with Crippen LogP contribution in [0.15, 0.2) is 28.7 Å². The van der Waals surface area contributed by atoms with Crippen LogP contribution in [0.1, 0.15) is 18.4 Å². The first-order valence-corrected chi connectivity index (χ1v) is 7.19. The maximum Gasteiger partial charge on any atom is 0.227 e. The highest BCUT2D eigenvalue weighted by atomic mass is 79.9. The van der Waals surface area contributed by atoms with E-state index in [-0.39, 0.29) is 5.91 Å². The second-order valence-electron chi connectivity index (χ2n) is 4.71. The van der Waals surface area contributed by atoms with E-state index < -0.39 is 0 Å². The van der Waals surface area contributed by atoms with E-state index in [4.69, 9.17) is 0 Å². The summed E-state index contributed by atoms with van der Waals surface area (Å²) in [5.41, 5.74) is 1.07. The van der Waals surface area contributed by atoms with Crippen molar-refractivity contribution in [2.75, 3.05) is 20.1 Å². The van der Waals surface area contributed by atoms with Gasteiger partial charge < -0.3 is 10.2 Å². The average Bonchev–Trinajstić information content (AvgIpc) is 2.81. The molecule has 0 unspecified atom stereocenters. The van der Waals surface area contributed by atoms with Gasteiger partial charge >= 0.3 is 0 Å². The maximum absolute atomic E-state index is 12.3. The van der Waals surface area contributed by atoms with Crippen molar-refractivity contribution in [3.05, 3.63) is 34.3 Å². The predicted octanol–water partition coefficient (Wildman–Crippen LogP) is 2.20. The molecule has 0 aromatic heterocycles. The number of halogens is 1. The Morgan fingerprint density at radius 2 is 2.28 bits per heavy atom. The Morgan fingerprint density at radius 1 is 1.50 bits per heavy atom. The van der Waals surface area contributed by atoms with Gasteiger partial charge in [-0.2, -0.15) is 0 Å². The molecule has 0 aliphatic carbocycles. The number of nitrogens with zero attached hydrogens (tertiary/aromatic N) is 1. The van der Waals surface area contributed by atoms with Crippen LogP contribution in [0.4, 0.5) is 0 Å². The molecule has 0 radical (unpaired) electrons. The summed E-state index contributed by atoms with van der Waals surface area (Å²) in [5, 5.41) is 3.17. The lowest BCUT2D eigenvalue weighted by Gasteiger charge is -2.24. The zero-order chi connectivity index (χ0) is 13.0. The Balaban J connectivity index is 2.01. The molecular weight excluding hydrogens is 292 g/mol. The van der Waals surface area contributed by atoms with Gasteiger partial charge in [0.15, 0.2) is 0 Å². The first-order valence-electron chi connectivity index (χ1n) is 6.40. The standard InChI is InChI=1S/C14H19BrN2O/c1-16-10-12-6-4-8-17(12)14(18)9-11-5-2-3-7-13(11)15/h2-3,5,7,12,16H,4,6,8-10H2,1H3/t12-/m0/s1. The average molecular weight is 311 g/mol. The molecule has 1 saturated heterocycles. The number of carbonyl (C=O) groups is 1. The first-order chi connectivity index (χ1) is 8.72. The van der Waals surface area contributed by atoms with Crippen molar-refractivity contribution < 1.29 is 4.79 Å². The summed E-state index contributed by atoms with van der Waals surface area (Å²) in [6.07, 6.45) is 2.72. The lowest BCUT2D eigenvalue weighted by atomic mass is 10.1. The quantitative estimate of drug-likeness (QED) is 0.924. The lowest BCUT2D eigenvalue weighted by molar-refractivity contribution is -0.131. The normalized spacial score (nSPS) is 19.2. The Kier molecular flexibility index (Phi) is 4.78. The number of carbonyl (C=O) groups excluding carboxylic acids is 1. The van der Waals surface area contributed by atoms with Crippen molar-refractivity contribution in [3.8, 4) is 0 Å². The van der Waals surface area contributed by atoms with Gasteiger partial charge in [0.2, 0.25) is 5.91 Å². The third-order valence-electron chi connectivity index (χ3n) is 3.44. The summed E-state index contributed by atoms with van der Waals surface area (Å²) in [6.45, 7) is 1.79. The molecule has 1 amide bonds. The molecular formula is C14H19BrN2O. The van der Waals surface area contributed by atoms with Gasteiger partial charge in [-0.25, -0.2) is 0 Å². The largest absolute Gasteiger partial charge is 0.338 e. The molecule has 1 aliphatic heterocycles. The Hall–Kier alpha value is -0.870. The van der Waals surface area contributed by atoms with E-state index in [0.29, 0.717) is 12.5 Å². The van der Waals surface area contributed by atoms with Crippen LogP contribution in [-0.4, -0.2) is 37.0 Å². The van der Waals surface area contributed by atoms with Crippen LogP contribution in [0.5, 0.6) is 0 Å². The zero-order valence-corrected chi connectivity index (χ0v) is 12.2. The molecule has 1 aromatic carbocycles. The third-order valence-corrected chi connectivity index (χ3v) is 4.21. The summed E-state index contributed by atoms with van der Waals surface area (Å²) >= 11 is 3.50. The number of hydrogen-bond donors (Lipinski definition) is 1. The maximum atomic E-state index is 12.3. The highest BCUT2D eigenvalue weighted by Crippen LogP contribution is 2.21. The van der Waals surface area contributed by atoms with Gasteiger partial charge in [0, 0.05) is 23.6 Å². The Bertz CT molecular complexity index is 422. The summed E-state index contributed by atoms with van der Waals surface area (Å²) in [5.74, 6) is 0.236. The fraction of sp³-hybridized carbons (Fsp3) is 0.500. The van der Waals surface area contributed by atoms with Crippen molar-refractivity contribution in [1.82, 2.24) is 10.2 Å². The minimum atomic E-state index is 0.236. The monoisotopic (exact) mass is 310 g/mol. The van der Waals surface area contributed by atoms with Crippen molar-refractivity contribution in [1.29, 1.82) is 0 Å². The topological polar surface area (TPSA) is 32.3 Å². The van der Waals surface area contributed by atoms with Crippen LogP contribution in [0, 0.1) is 0 Å². The highest BCUT2D eigenvalue weighted by molar-refractivity contribution is 9.10. The summed E-state index contributed by atoms with van der Waals surface area (Å²) in [4.78, 5) is 14.4. The van der Waals surface area contributed by atoms with Crippen molar-refractivity contribution in [2.45, 2.75) is 25.3 Å².